The monoisotopic (exact) mass is 526 g/mol. The van der Waals surface area contributed by atoms with E-state index < -0.39 is 58.0 Å². The number of hydrogen-bond acceptors (Lipinski definition) is 4. The summed E-state index contributed by atoms with van der Waals surface area (Å²) in [6, 6.07) is 14.9. The Bertz CT molecular complexity index is 1660. The third kappa shape index (κ3) is 4.30. The lowest BCUT2D eigenvalue weighted by atomic mass is 10.0. The average Bonchev–Trinajstić information content (AvgIpc) is 2.90. The quantitative estimate of drug-likeness (QED) is 0.0813. The number of carbonyl (C=O) groups excluding carboxylic acids is 2. The van der Waals surface area contributed by atoms with Gasteiger partial charge in [0.25, 0.3) is 0 Å². The molecule has 0 aliphatic carbocycles. The fourth-order valence-corrected chi connectivity index (χ4v) is 3.85. The number of hydrogen-bond donors (Lipinski definition) is 0. The lowest BCUT2D eigenvalue weighted by Gasteiger charge is -2.12. The summed E-state index contributed by atoms with van der Waals surface area (Å²) >= 11 is 0. The van der Waals surface area contributed by atoms with Crippen molar-refractivity contribution in [2.24, 2.45) is 0 Å². The van der Waals surface area contributed by atoms with Gasteiger partial charge in [-0.15, -0.1) is 0 Å². The fraction of sp³-hybridized carbons (Fsp3) is 0. The normalized spacial score (nSPS) is 11.1. The summed E-state index contributed by atoms with van der Waals surface area (Å²) in [6.07, 6.45) is 0. The lowest BCUT2D eigenvalue weighted by Crippen LogP contribution is -2.13. The van der Waals surface area contributed by atoms with Crippen molar-refractivity contribution in [3.05, 3.63) is 119 Å². The maximum Gasteiger partial charge on any atom is 0.346 e. The first-order valence-corrected chi connectivity index (χ1v) is 10.8. The van der Waals surface area contributed by atoms with Crippen LogP contribution in [0.3, 0.4) is 0 Å². The van der Waals surface area contributed by atoms with Crippen LogP contribution in [0.4, 0.5) is 26.3 Å². The largest absolute Gasteiger partial charge is 0.422 e. The van der Waals surface area contributed by atoms with Crippen LogP contribution in [0.2, 0.25) is 0 Å². The molecule has 190 valence electrons. The van der Waals surface area contributed by atoms with Crippen molar-refractivity contribution in [3.8, 4) is 11.5 Å². The highest BCUT2D eigenvalue weighted by Crippen LogP contribution is 2.35. The maximum atomic E-state index is 14.1. The van der Waals surface area contributed by atoms with Crippen molar-refractivity contribution >= 4 is 33.5 Å². The van der Waals surface area contributed by atoms with Gasteiger partial charge in [0.15, 0.2) is 34.9 Å². The first kappa shape index (κ1) is 24.8. The Morgan fingerprint density at radius 1 is 0.500 bits per heavy atom. The van der Waals surface area contributed by atoms with E-state index in [1.165, 1.54) is 30.3 Å². The maximum absolute atomic E-state index is 14.1. The second-order valence-corrected chi connectivity index (χ2v) is 8.03. The van der Waals surface area contributed by atoms with Crippen molar-refractivity contribution in [3.63, 3.8) is 0 Å². The van der Waals surface area contributed by atoms with Gasteiger partial charge in [0.1, 0.15) is 11.5 Å². The summed E-state index contributed by atoms with van der Waals surface area (Å²) in [5, 5.41) is 1.67. The Hall–Kier alpha value is -4.86. The van der Waals surface area contributed by atoms with Gasteiger partial charge >= 0.3 is 11.9 Å². The molecule has 0 saturated heterocycles. The summed E-state index contributed by atoms with van der Waals surface area (Å²) in [7, 11) is 0. The van der Waals surface area contributed by atoms with Gasteiger partial charge in [-0.25, -0.2) is 35.9 Å². The third-order valence-corrected chi connectivity index (χ3v) is 5.71. The molecule has 0 N–H and O–H groups in total. The van der Waals surface area contributed by atoms with Gasteiger partial charge in [-0.2, -0.15) is 0 Å². The third-order valence-electron chi connectivity index (χ3n) is 5.71. The molecule has 10 heteroatoms. The minimum absolute atomic E-state index is 0.0775. The van der Waals surface area contributed by atoms with E-state index in [-0.39, 0.29) is 11.5 Å². The first-order chi connectivity index (χ1) is 18.2. The highest BCUT2D eigenvalue weighted by atomic mass is 19.2. The highest BCUT2D eigenvalue weighted by Gasteiger charge is 2.23. The average molecular weight is 526 g/mol. The smallest absolute Gasteiger partial charge is 0.346 e. The lowest BCUT2D eigenvalue weighted by molar-refractivity contribution is 0.0721. The number of fused-ring (bicyclic) bond motifs is 2. The van der Waals surface area contributed by atoms with Crippen LogP contribution in [0.25, 0.3) is 21.5 Å². The molecule has 4 nitrogen and oxygen atoms in total. The number of halogens is 6. The molecule has 38 heavy (non-hydrogen) atoms. The van der Waals surface area contributed by atoms with Gasteiger partial charge in [-0.1, -0.05) is 24.3 Å². The van der Waals surface area contributed by atoms with Crippen molar-refractivity contribution < 1.29 is 45.4 Å². The van der Waals surface area contributed by atoms with Crippen LogP contribution in [-0.4, -0.2) is 11.9 Å². The Morgan fingerprint density at radius 2 is 0.921 bits per heavy atom. The number of esters is 2. The van der Waals surface area contributed by atoms with Crippen LogP contribution < -0.4 is 9.47 Å². The fourth-order valence-electron chi connectivity index (χ4n) is 3.85. The molecule has 0 radical (unpaired) electrons. The van der Waals surface area contributed by atoms with Gasteiger partial charge in [0.2, 0.25) is 0 Å². The Morgan fingerprint density at radius 3 is 1.34 bits per heavy atom. The van der Waals surface area contributed by atoms with Crippen LogP contribution >= 0.6 is 0 Å². The number of ether oxygens (including phenoxy) is 2. The molecule has 0 saturated carbocycles. The zero-order valence-electron chi connectivity index (χ0n) is 18.8. The molecule has 0 heterocycles. The van der Waals surface area contributed by atoms with Crippen LogP contribution in [0.15, 0.2) is 72.8 Å². The summed E-state index contributed by atoms with van der Waals surface area (Å²) < 4.78 is 92.4. The molecule has 0 aliphatic rings. The molecule has 5 aromatic rings. The second kappa shape index (κ2) is 9.55. The van der Waals surface area contributed by atoms with Crippen molar-refractivity contribution in [2.45, 2.75) is 0 Å². The highest BCUT2D eigenvalue weighted by molar-refractivity contribution is 6.05. The van der Waals surface area contributed by atoms with E-state index in [1.54, 1.807) is 18.2 Å². The summed E-state index contributed by atoms with van der Waals surface area (Å²) in [4.78, 5) is 25.1. The minimum Gasteiger partial charge on any atom is -0.422 e. The second-order valence-electron chi connectivity index (χ2n) is 8.03. The molecule has 0 atom stereocenters. The number of rotatable bonds is 4. The molecule has 5 aromatic carbocycles. The molecule has 0 spiro atoms. The van der Waals surface area contributed by atoms with E-state index in [1.807, 2.05) is 0 Å². The van der Waals surface area contributed by atoms with Crippen molar-refractivity contribution in [2.75, 3.05) is 0 Å². The summed E-state index contributed by atoms with van der Waals surface area (Å²) in [5.41, 5.74) is -1.66. The zero-order chi connectivity index (χ0) is 27.1. The Labute approximate surface area is 209 Å². The Kier molecular flexibility index (Phi) is 6.23. The molecular weight excluding hydrogens is 514 g/mol. The predicted molar refractivity (Wildman–Crippen MR) is 124 cm³/mol. The predicted octanol–water partition coefficient (Wildman–Crippen LogP) is 7.27. The van der Waals surface area contributed by atoms with Crippen LogP contribution in [0.1, 0.15) is 20.7 Å². The molecule has 0 bridgehead atoms. The Balaban J connectivity index is 1.55. The van der Waals surface area contributed by atoms with E-state index in [0.29, 0.717) is 33.7 Å². The van der Waals surface area contributed by atoms with Crippen LogP contribution in [0, 0.1) is 34.9 Å². The van der Waals surface area contributed by atoms with Gasteiger partial charge in [0, 0.05) is 10.8 Å². The summed E-state index contributed by atoms with van der Waals surface area (Å²) in [5.74, 6) is -12.7. The van der Waals surface area contributed by atoms with E-state index in [0.717, 1.165) is 12.1 Å². The van der Waals surface area contributed by atoms with Gasteiger partial charge in [-0.05, 0) is 59.3 Å². The SMILES string of the molecule is O=C(Oc1cccc2cc3cccc(OC(=O)c4ccc(F)c(F)c4F)c3cc12)c1ccc(F)c(F)c1F. The topological polar surface area (TPSA) is 52.6 Å². The molecule has 0 aliphatic heterocycles. The van der Waals surface area contributed by atoms with E-state index >= 15 is 0 Å². The molecule has 0 amide bonds. The molecule has 0 aromatic heterocycles. The van der Waals surface area contributed by atoms with E-state index in [9.17, 15) is 35.9 Å². The molecular formula is C28H12F6O4. The number of benzene rings is 5. The standard InChI is InChI=1S/C28H12F6O4/c29-19-9-7-15(23(31)25(19)33)27(35)37-21-5-1-3-13-11-14-4-2-6-22(18(14)12-17(13)21)38-28(36)16-8-10-20(30)26(34)24(16)32/h1-12H. The molecule has 0 unspecified atom stereocenters. The molecule has 5 rings (SSSR count). The van der Waals surface area contributed by atoms with Crippen molar-refractivity contribution in [1.29, 1.82) is 0 Å². The zero-order valence-corrected chi connectivity index (χ0v) is 18.8. The van der Waals surface area contributed by atoms with Gasteiger partial charge in [-0.3, -0.25) is 0 Å². The van der Waals surface area contributed by atoms with Gasteiger partial charge < -0.3 is 9.47 Å². The van der Waals surface area contributed by atoms with Crippen molar-refractivity contribution in [1.82, 2.24) is 0 Å². The number of carbonyl (C=O) groups is 2. The molecule has 0 fully saturated rings. The van der Waals surface area contributed by atoms with Gasteiger partial charge in [0.05, 0.1) is 11.1 Å². The van der Waals surface area contributed by atoms with Crippen LogP contribution in [0.5, 0.6) is 11.5 Å². The minimum atomic E-state index is -1.83. The van der Waals surface area contributed by atoms with E-state index in [4.69, 9.17) is 9.47 Å². The first-order valence-electron chi connectivity index (χ1n) is 10.8. The summed E-state index contributed by atoms with van der Waals surface area (Å²) in [6.45, 7) is 0. The van der Waals surface area contributed by atoms with Crippen LogP contribution in [-0.2, 0) is 0 Å². The van der Waals surface area contributed by atoms with E-state index in [2.05, 4.69) is 0 Å².